The van der Waals surface area contributed by atoms with Gasteiger partial charge in [-0.3, -0.25) is 0 Å². The molecule has 160 valence electrons. The van der Waals surface area contributed by atoms with Crippen LogP contribution in [0.15, 0.2) is 75.1 Å². The molecule has 3 aromatic rings. The summed E-state index contributed by atoms with van der Waals surface area (Å²) in [7, 11) is -6.59. The second kappa shape index (κ2) is 8.63. The van der Waals surface area contributed by atoms with Gasteiger partial charge in [-0.05, 0) is 55.8 Å². The Balaban J connectivity index is 1.96. The van der Waals surface area contributed by atoms with Gasteiger partial charge < -0.3 is 9.15 Å². The third-order valence-electron chi connectivity index (χ3n) is 4.65. The van der Waals surface area contributed by atoms with Gasteiger partial charge in [0.2, 0.25) is 10.0 Å². The maximum atomic E-state index is 13.3. The van der Waals surface area contributed by atoms with Crippen molar-refractivity contribution in [1.29, 1.82) is 0 Å². The molecule has 0 aliphatic heterocycles. The van der Waals surface area contributed by atoms with Crippen LogP contribution in [-0.2, 0) is 19.9 Å². The van der Waals surface area contributed by atoms with Crippen molar-refractivity contribution in [2.45, 2.75) is 28.9 Å². The van der Waals surface area contributed by atoms with Gasteiger partial charge in [-0.15, -0.1) is 0 Å². The van der Waals surface area contributed by atoms with Gasteiger partial charge in [0.15, 0.2) is 9.84 Å². The molecule has 30 heavy (non-hydrogen) atoms. The highest BCUT2D eigenvalue weighted by Gasteiger charge is 2.33. The summed E-state index contributed by atoms with van der Waals surface area (Å²) in [6.45, 7) is 3.21. The second-order valence-corrected chi connectivity index (χ2v) is 10.7. The lowest BCUT2D eigenvalue weighted by Crippen LogP contribution is -2.32. The Labute approximate surface area is 176 Å². The van der Waals surface area contributed by atoms with Crippen molar-refractivity contribution in [2.24, 2.45) is 0 Å². The molecule has 0 spiro atoms. The zero-order chi connectivity index (χ0) is 21.9. The van der Waals surface area contributed by atoms with E-state index in [9.17, 15) is 16.8 Å². The van der Waals surface area contributed by atoms with Crippen molar-refractivity contribution < 1.29 is 26.0 Å². The molecule has 1 aromatic heterocycles. The molecule has 0 aliphatic carbocycles. The fourth-order valence-corrected chi connectivity index (χ4v) is 5.98. The van der Waals surface area contributed by atoms with Gasteiger partial charge in [0.05, 0.1) is 18.3 Å². The number of furan rings is 1. The summed E-state index contributed by atoms with van der Waals surface area (Å²) in [5, 5.41) is -1.24. The standard InChI is InChI=1S/C21H23NO6S2/c1-15-6-9-17(10-7-15)29(23,24)21(19-5-4-12-28-19)14-22-30(25,26)20-13-16(2)8-11-18(20)27-3/h4-13,21-22H,14H2,1-3H3/t21-/m0/s1. The van der Waals surface area contributed by atoms with Crippen molar-refractivity contribution in [3.63, 3.8) is 0 Å². The van der Waals surface area contributed by atoms with Gasteiger partial charge in [0.1, 0.15) is 21.7 Å². The molecule has 9 heteroatoms. The maximum Gasteiger partial charge on any atom is 0.244 e. The summed E-state index contributed by atoms with van der Waals surface area (Å²) in [4.78, 5) is 0.0257. The van der Waals surface area contributed by atoms with Gasteiger partial charge >= 0.3 is 0 Å². The largest absolute Gasteiger partial charge is 0.495 e. The van der Waals surface area contributed by atoms with Crippen LogP contribution in [0.5, 0.6) is 5.75 Å². The average molecular weight is 450 g/mol. The van der Waals surface area contributed by atoms with Gasteiger partial charge in [-0.1, -0.05) is 23.8 Å². The number of nitrogens with one attached hydrogen (secondary N) is 1. The number of methoxy groups -OCH3 is 1. The van der Waals surface area contributed by atoms with Crippen molar-refractivity contribution in [3.05, 3.63) is 77.7 Å². The first-order valence-corrected chi connectivity index (χ1v) is 12.2. The number of benzene rings is 2. The first kappa shape index (κ1) is 22.1. The molecule has 1 N–H and O–H groups in total. The Morgan fingerprint density at radius 1 is 0.967 bits per heavy atom. The van der Waals surface area contributed by atoms with E-state index in [1.165, 1.54) is 37.6 Å². The maximum absolute atomic E-state index is 13.3. The molecule has 0 fully saturated rings. The Morgan fingerprint density at radius 3 is 2.23 bits per heavy atom. The van der Waals surface area contributed by atoms with Gasteiger partial charge in [0, 0.05) is 6.54 Å². The Kier molecular flexibility index (Phi) is 6.35. The van der Waals surface area contributed by atoms with Crippen LogP contribution in [0.4, 0.5) is 0 Å². The van der Waals surface area contributed by atoms with E-state index in [-0.39, 0.29) is 21.3 Å². The van der Waals surface area contributed by atoms with Gasteiger partial charge in [-0.2, -0.15) is 0 Å². The molecule has 0 saturated carbocycles. The third kappa shape index (κ3) is 4.58. The molecule has 0 radical (unpaired) electrons. The molecular formula is C21H23NO6S2. The van der Waals surface area contributed by atoms with E-state index in [0.29, 0.717) is 0 Å². The summed E-state index contributed by atoms with van der Waals surface area (Å²) >= 11 is 0. The van der Waals surface area contributed by atoms with Crippen LogP contribution in [0.2, 0.25) is 0 Å². The van der Waals surface area contributed by atoms with Gasteiger partial charge in [0.25, 0.3) is 0 Å². The number of aryl methyl sites for hydroxylation is 2. The lowest BCUT2D eigenvalue weighted by atomic mass is 10.2. The Morgan fingerprint density at radius 2 is 1.63 bits per heavy atom. The highest BCUT2D eigenvalue weighted by atomic mass is 32.2. The predicted molar refractivity (Wildman–Crippen MR) is 113 cm³/mol. The molecule has 0 saturated heterocycles. The number of sulfone groups is 1. The number of ether oxygens (including phenoxy) is 1. The van der Waals surface area contributed by atoms with Crippen molar-refractivity contribution in [2.75, 3.05) is 13.7 Å². The first-order chi connectivity index (χ1) is 14.1. The monoisotopic (exact) mass is 449 g/mol. The van der Waals surface area contributed by atoms with E-state index < -0.39 is 31.7 Å². The third-order valence-corrected chi connectivity index (χ3v) is 8.17. The summed E-state index contributed by atoms with van der Waals surface area (Å²) in [5.41, 5.74) is 1.64. The highest BCUT2D eigenvalue weighted by Crippen LogP contribution is 2.30. The molecular weight excluding hydrogens is 426 g/mol. The quantitative estimate of drug-likeness (QED) is 0.565. The second-order valence-electron chi connectivity index (χ2n) is 6.87. The van der Waals surface area contributed by atoms with Crippen molar-refractivity contribution in [1.82, 2.24) is 4.72 Å². The van der Waals surface area contributed by atoms with Crippen LogP contribution in [0.3, 0.4) is 0 Å². The van der Waals surface area contributed by atoms with Crippen molar-refractivity contribution >= 4 is 19.9 Å². The summed E-state index contributed by atoms with van der Waals surface area (Å²) in [6.07, 6.45) is 1.35. The molecule has 2 aromatic carbocycles. The number of rotatable bonds is 8. The number of hydrogen-bond donors (Lipinski definition) is 1. The summed E-state index contributed by atoms with van der Waals surface area (Å²) < 4.78 is 65.3. The smallest absolute Gasteiger partial charge is 0.244 e. The topological polar surface area (TPSA) is 103 Å². The fraction of sp³-hybridized carbons (Fsp3) is 0.238. The van der Waals surface area contributed by atoms with Crippen LogP contribution >= 0.6 is 0 Å². The van der Waals surface area contributed by atoms with E-state index in [1.54, 1.807) is 37.3 Å². The zero-order valence-electron chi connectivity index (χ0n) is 16.8. The van der Waals surface area contributed by atoms with E-state index >= 15 is 0 Å². The lowest BCUT2D eigenvalue weighted by Gasteiger charge is -2.18. The van der Waals surface area contributed by atoms with Crippen LogP contribution in [0.1, 0.15) is 22.1 Å². The SMILES string of the molecule is COc1ccc(C)cc1S(=O)(=O)NC[C@@H](c1ccco1)S(=O)(=O)c1ccc(C)cc1. The van der Waals surface area contributed by atoms with E-state index in [2.05, 4.69) is 4.72 Å². The first-order valence-electron chi connectivity index (χ1n) is 9.13. The molecule has 0 aliphatic rings. The summed E-state index contributed by atoms with van der Waals surface area (Å²) in [5.74, 6) is 0.318. The molecule has 0 bridgehead atoms. The minimum absolute atomic E-state index is 0.0593. The predicted octanol–water partition coefficient (Wildman–Crippen LogP) is 3.40. The molecule has 3 rings (SSSR count). The van der Waals surface area contributed by atoms with Crippen LogP contribution in [0, 0.1) is 13.8 Å². The minimum atomic E-state index is -4.04. The van der Waals surface area contributed by atoms with E-state index in [4.69, 9.17) is 9.15 Å². The highest BCUT2D eigenvalue weighted by molar-refractivity contribution is 7.92. The summed E-state index contributed by atoms with van der Waals surface area (Å²) in [6, 6.07) is 14.2. The number of sulfonamides is 1. The molecule has 7 nitrogen and oxygen atoms in total. The van der Waals surface area contributed by atoms with Crippen LogP contribution in [0.25, 0.3) is 0 Å². The Hall–Kier alpha value is -2.62. The zero-order valence-corrected chi connectivity index (χ0v) is 18.5. The number of hydrogen-bond acceptors (Lipinski definition) is 6. The van der Waals surface area contributed by atoms with Crippen molar-refractivity contribution in [3.8, 4) is 5.75 Å². The molecule has 0 amide bonds. The lowest BCUT2D eigenvalue weighted by molar-refractivity contribution is 0.402. The van der Waals surface area contributed by atoms with Crippen LogP contribution in [-0.4, -0.2) is 30.5 Å². The Bertz CT molecular complexity index is 1220. The molecule has 0 unspecified atom stereocenters. The fourth-order valence-electron chi connectivity index (χ4n) is 2.99. The normalized spacial score (nSPS) is 13.2. The molecule has 1 atom stereocenters. The average Bonchev–Trinajstić information content (AvgIpc) is 3.22. The van der Waals surface area contributed by atoms with Gasteiger partial charge in [-0.25, -0.2) is 21.6 Å². The minimum Gasteiger partial charge on any atom is -0.495 e. The van der Waals surface area contributed by atoms with Crippen LogP contribution < -0.4 is 9.46 Å². The van der Waals surface area contributed by atoms with E-state index in [1.807, 2.05) is 6.92 Å². The van der Waals surface area contributed by atoms with E-state index in [0.717, 1.165) is 11.1 Å². The molecule has 1 heterocycles.